The summed E-state index contributed by atoms with van der Waals surface area (Å²) in [6, 6.07) is 6.16. The summed E-state index contributed by atoms with van der Waals surface area (Å²) in [5.41, 5.74) is 0.597. The molecule has 1 heterocycles. The number of aryl methyl sites for hydroxylation is 1. The van der Waals surface area contributed by atoms with Crippen LogP contribution in [0, 0.1) is 6.92 Å². The number of nitrogens with zero attached hydrogens (tertiary/aromatic N) is 2. The van der Waals surface area contributed by atoms with E-state index in [1.807, 2.05) is 13.8 Å². The number of hydrogen-bond acceptors (Lipinski definition) is 6. The number of amides is 2. The maximum Gasteiger partial charge on any atom is 0.340 e. The van der Waals surface area contributed by atoms with Gasteiger partial charge in [-0.1, -0.05) is 12.1 Å². The van der Waals surface area contributed by atoms with Crippen molar-refractivity contribution in [1.29, 1.82) is 0 Å². The zero-order chi connectivity index (χ0) is 16.8. The molecule has 1 aromatic heterocycles. The van der Waals surface area contributed by atoms with E-state index in [0.717, 1.165) is 0 Å². The fourth-order valence-corrected chi connectivity index (χ4v) is 1.79. The second-order valence-electron chi connectivity index (χ2n) is 5.09. The van der Waals surface area contributed by atoms with Gasteiger partial charge >= 0.3 is 12.0 Å². The highest BCUT2D eigenvalue weighted by Gasteiger charge is 2.16. The van der Waals surface area contributed by atoms with E-state index >= 15 is 0 Å². The molecule has 0 saturated heterocycles. The summed E-state index contributed by atoms with van der Waals surface area (Å²) in [5.74, 6) is 0.00335. The summed E-state index contributed by atoms with van der Waals surface area (Å²) < 4.78 is 10.3. The minimum atomic E-state index is -0.596. The highest BCUT2D eigenvalue weighted by atomic mass is 16.5. The van der Waals surface area contributed by atoms with Gasteiger partial charge in [0.1, 0.15) is 0 Å². The Balaban J connectivity index is 2.03. The van der Waals surface area contributed by atoms with Gasteiger partial charge < -0.3 is 19.8 Å². The third kappa shape index (κ3) is 4.80. The number of urea groups is 1. The molecule has 23 heavy (non-hydrogen) atoms. The number of benzene rings is 1. The third-order valence-electron chi connectivity index (χ3n) is 2.71. The van der Waals surface area contributed by atoms with Gasteiger partial charge in [0, 0.05) is 13.0 Å². The van der Waals surface area contributed by atoms with Crippen molar-refractivity contribution in [2.24, 2.45) is 0 Å². The number of rotatable bonds is 5. The number of nitrogens with one attached hydrogen (secondary N) is 2. The molecule has 0 fully saturated rings. The average Bonchev–Trinajstić information content (AvgIpc) is 2.90. The molecular formula is C15H18N4O4. The first-order chi connectivity index (χ1) is 11.0. The summed E-state index contributed by atoms with van der Waals surface area (Å²) in [5, 5.41) is 12.7. The van der Waals surface area contributed by atoms with Crippen molar-refractivity contribution in [3.05, 3.63) is 41.6 Å². The molecule has 2 amide bonds. The van der Waals surface area contributed by atoms with Gasteiger partial charge in [-0.05, 0) is 26.0 Å². The summed E-state index contributed by atoms with van der Waals surface area (Å²) in [7, 11) is 0. The summed E-state index contributed by atoms with van der Waals surface area (Å²) in [6.07, 6.45) is 0. The number of ether oxygens (including phenoxy) is 1. The van der Waals surface area contributed by atoms with E-state index in [9.17, 15) is 9.59 Å². The minimum absolute atomic E-state index is 0.0186. The molecule has 0 atom stereocenters. The van der Waals surface area contributed by atoms with Crippen LogP contribution in [0.15, 0.2) is 28.7 Å². The lowest BCUT2D eigenvalue weighted by Crippen LogP contribution is -2.34. The van der Waals surface area contributed by atoms with Crippen LogP contribution < -0.4 is 10.6 Å². The van der Waals surface area contributed by atoms with Gasteiger partial charge in [-0.2, -0.15) is 0 Å². The first kappa shape index (κ1) is 16.5. The van der Waals surface area contributed by atoms with Crippen LogP contribution in [-0.2, 0) is 11.3 Å². The van der Waals surface area contributed by atoms with Crippen molar-refractivity contribution in [2.75, 3.05) is 5.32 Å². The molecule has 8 heteroatoms. The zero-order valence-corrected chi connectivity index (χ0v) is 13.1. The molecule has 0 aliphatic heterocycles. The normalized spacial score (nSPS) is 10.4. The van der Waals surface area contributed by atoms with Crippen molar-refractivity contribution in [3.8, 4) is 0 Å². The average molecular weight is 318 g/mol. The van der Waals surface area contributed by atoms with E-state index in [2.05, 4.69) is 20.8 Å². The Labute approximate surface area is 133 Å². The van der Waals surface area contributed by atoms with Crippen molar-refractivity contribution in [2.45, 2.75) is 33.4 Å². The molecule has 122 valence electrons. The maximum atomic E-state index is 12.2. The number of carbonyl (C=O) groups excluding carboxylic acids is 2. The van der Waals surface area contributed by atoms with E-state index < -0.39 is 12.0 Å². The number of anilines is 1. The molecule has 0 aliphatic carbocycles. The number of aromatic nitrogens is 2. The lowest BCUT2D eigenvalue weighted by atomic mass is 10.2. The van der Waals surface area contributed by atoms with Crippen molar-refractivity contribution >= 4 is 17.7 Å². The second-order valence-corrected chi connectivity index (χ2v) is 5.09. The van der Waals surface area contributed by atoms with Crippen LogP contribution in [-0.4, -0.2) is 28.2 Å². The summed E-state index contributed by atoms with van der Waals surface area (Å²) in [4.78, 5) is 23.9. The van der Waals surface area contributed by atoms with Crippen LogP contribution in [0.5, 0.6) is 0 Å². The summed E-state index contributed by atoms with van der Waals surface area (Å²) in [6.45, 7) is 5.19. The van der Waals surface area contributed by atoms with Crippen LogP contribution in [0.3, 0.4) is 0 Å². The lowest BCUT2D eigenvalue weighted by Gasteiger charge is -2.12. The number of carbonyl (C=O) groups is 2. The van der Waals surface area contributed by atoms with Gasteiger partial charge in [0.25, 0.3) is 5.89 Å². The molecule has 1 aromatic carbocycles. The maximum absolute atomic E-state index is 12.2. The van der Waals surface area contributed by atoms with Gasteiger partial charge in [0.2, 0.25) is 5.89 Å². The molecule has 2 rings (SSSR count). The van der Waals surface area contributed by atoms with Gasteiger partial charge in [0.15, 0.2) is 6.61 Å². The Morgan fingerprint density at radius 1 is 1.26 bits per heavy atom. The minimum Gasteiger partial charge on any atom is -0.452 e. The molecule has 0 aliphatic rings. The summed E-state index contributed by atoms with van der Waals surface area (Å²) >= 11 is 0. The quantitative estimate of drug-likeness (QED) is 0.819. The third-order valence-corrected chi connectivity index (χ3v) is 2.71. The van der Waals surface area contributed by atoms with E-state index in [0.29, 0.717) is 11.6 Å². The number of hydrogen-bond donors (Lipinski definition) is 2. The van der Waals surface area contributed by atoms with Crippen LogP contribution in [0.2, 0.25) is 0 Å². The Hall–Kier alpha value is -2.90. The Morgan fingerprint density at radius 3 is 2.65 bits per heavy atom. The van der Waals surface area contributed by atoms with E-state index in [1.54, 1.807) is 31.2 Å². The van der Waals surface area contributed by atoms with Crippen molar-refractivity contribution in [3.63, 3.8) is 0 Å². The topological polar surface area (TPSA) is 106 Å². The van der Waals surface area contributed by atoms with E-state index in [-0.39, 0.29) is 24.1 Å². The van der Waals surface area contributed by atoms with E-state index in [1.165, 1.54) is 0 Å². The molecule has 2 aromatic rings. The van der Waals surface area contributed by atoms with Gasteiger partial charge in [0.05, 0.1) is 11.3 Å². The largest absolute Gasteiger partial charge is 0.452 e. The lowest BCUT2D eigenvalue weighted by molar-refractivity contribution is 0.0438. The predicted molar refractivity (Wildman–Crippen MR) is 81.9 cm³/mol. The van der Waals surface area contributed by atoms with Crippen LogP contribution in [0.4, 0.5) is 10.5 Å². The fourth-order valence-electron chi connectivity index (χ4n) is 1.79. The smallest absolute Gasteiger partial charge is 0.340 e. The van der Waals surface area contributed by atoms with Gasteiger partial charge in [-0.15, -0.1) is 10.2 Å². The highest BCUT2D eigenvalue weighted by molar-refractivity contribution is 6.00. The van der Waals surface area contributed by atoms with Crippen LogP contribution >= 0.6 is 0 Å². The first-order valence-corrected chi connectivity index (χ1v) is 7.08. The molecule has 0 spiro atoms. The molecule has 8 nitrogen and oxygen atoms in total. The Morgan fingerprint density at radius 2 is 2.00 bits per heavy atom. The second kappa shape index (κ2) is 7.39. The van der Waals surface area contributed by atoms with Crippen molar-refractivity contribution in [1.82, 2.24) is 15.5 Å². The zero-order valence-electron chi connectivity index (χ0n) is 13.1. The Kier molecular flexibility index (Phi) is 5.29. The molecular weight excluding hydrogens is 300 g/mol. The number of para-hydroxylation sites is 1. The van der Waals surface area contributed by atoms with Crippen LogP contribution in [0.25, 0.3) is 0 Å². The molecule has 0 unspecified atom stereocenters. The van der Waals surface area contributed by atoms with Crippen LogP contribution in [0.1, 0.15) is 36.0 Å². The highest BCUT2D eigenvalue weighted by Crippen LogP contribution is 2.17. The number of esters is 1. The monoisotopic (exact) mass is 318 g/mol. The van der Waals surface area contributed by atoms with Crippen molar-refractivity contribution < 1.29 is 18.7 Å². The van der Waals surface area contributed by atoms with Gasteiger partial charge in [-0.3, -0.25) is 0 Å². The fraction of sp³-hybridized carbons (Fsp3) is 0.333. The standard InChI is InChI=1S/C15H18N4O4/c1-9(2)16-15(21)17-12-7-5-4-6-11(12)14(20)22-8-13-19-18-10(3)23-13/h4-7,9H,8H2,1-3H3,(H2,16,17,21). The van der Waals surface area contributed by atoms with Gasteiger partial charge in [-0.25, -0.2) is 9.59 Å². The Bertz CT molecular complexity index is 696. The molecule has 0 bridgehead atoms. The SMILES string of the molecule is Cc1nnc(COC(=O)c2ccccc2NC(=O)NC(C)C)o1. The molecule has 2 N–H and O–H groups in total. The predicted octanol–water partition coefficient (Wildman–Crippen LogP) is 2.26. The molecule has 0 saturated carbocycles. The van der Waals surface area contributed by atoms with E-state index in [4.69, 9.17) is 9.15 Å². The molecule has 0 radical (unpaired) electrons. The first-order valence-electron chi connectivity index (χ1n) is 7.08.